The first-order valence-corrected chi connectivity index (χ1v) is 18.7. The number of amides is 4. The molecule has 0 radical (unpaired) electrons. The number of halogens is 4. The molecule has 10 nitrogen and oxygen atoms in total. The number of ether oxygens (including phenoxy) is 1. The third-order valence-corrected chi connectivity index (χ3v) is 10.1. The fraction of sp³-hybridized carbons (Fsp3) is 0.513. The molecule has 4 aliphatic rings. The van der Waals surface area contributed by atoms with Gasteiger partial charge in [-0.15, -0.1) is 12.4 Å². The second kappa shape index (κ2) is 17.4. The molecule has 4 amide bonds. The van der Waals surface area contributed by atoms with Crippen LogP contribution in [0.4, 0.5) is 23.2 Å². The lowest BCUT2D eigenvalue weighted by atomic mass is 10.1. The van der Waals surface area contributed by atoms with Crippen molar-refractivity contribution in [1.82, 2.24) is 28.7 Å². The Balaban J connectivity index is 0.000000164. The molecule has 2 aromatic carbocycles. The van der Waals surface area contributed by atoms with Gasteiger partial charge < -0.3 is 33.5 Å². The monoisotopic (exact) mass is 774 g/mol. The second-order valence-corrected chi connectivity index (χ2v) is 15.3. The number of piperidine rings is 2. The SMILES string of the molecule is CC(C)(C)OC(=O)N1CCn2ccc3cc(F)cc(c32)C1.Cl.O=C(Cl)N1CCCCC1.O=C(N1CCCCC1)N1CCn2ccc3cc(F)cc(c32)C1. The molecule has 4 aromatic rings. The highest BCUT2D eigenvalue weighted by Crippen LogP contribution is 2.28. The largest absolute Gasteiger partial charge is 0.444 e. The van der Waals surface area contributed by atoms with Crippen LogP contribution in [0.5, 0.6) is 0 Å². The van der Waals surface area contributed by atoms with Crippen molar-refractivity contribution in [1.29, 1.82) is 0 Å². The summed E-state index contributed by atoms with van der Waals surface area (Å²) in [5, 5.41) is 1.49. The number of likely N-dealkylation sites (tertiary alicyclic amines) is 2. The van der Waals surface area contributed by atoms with Gasteiger partial charge in [0.15, 0.2) is 0 Å². The molecule has 2 fully saturated rings. The van der Waals surface area contributed by atoms with E-state index in [1.807, 2.05) is 55.1 Å². The Morgan fingerprint density at radius 3 is 1.53 bits per heavy atom. The zero-order valence-electron chi connectivity index (χ0n) is 30.8. The number of carbonyl (C=O) groups excluding carboxylic acids is 3. The molecule has 14 heteroatoms. The van der Waals surface area contributed by atoms with E-state index in [2.05, 4.69) is 9.13 Å². The predicted molar refractivity (Wildman–Crippen MR) is 206 cm³/mol. The molecule has 0 atom stereocenters. The van der Waals surface area contributed by atoms with Gasteiger partial charge in [0.25, 0.3) is 0 Å². The van der Waals surface area contributed by atoms with E-state index >= 15 is 0 Å². The molecule has 6 heterocycles. The van der Waals surface area contributed by atoms with Crippen molar-refractivity contribution in [2.45, 2.75) is 91.1 Å². The van der Waals surface area contributed by atoms with Gasteiger partial charge in [0.2, 0.25) is 0 Å². The third kappa shape index (κ3) is 9.94. The van der Waals surface area contributed by atoms with Crippen molar-refractivity contribution in [2.24, 2.45) is 0 Å². The van der Waals surface area contributed by atoms with E-state index in [1.165, 1.54) is 25.0 Å². The molecule has 2 aromatic heterocycles. The summed E-state index contributed by atoms with van der Waals surface area (Å²) in [6.07, 6.45) is 10.4. The smallest absolute Gasteiger partial charge is 0.410 e. The Bertz CT molecular complexity index is 1910. The predicted octanol–water partition coefficient (Wildman–Crippen LogP) is 8.99. The van der Waals surface area contributed by atoms with Gasteiger partial charge in [-0.3, -0.25) is 4.79 Å². The van der Waals surface area contributed by atoms with Gasteiger partial charge in [-0.25, -0.2) is 18.4 Å². The van der Waals surface area contributed by atoms with E-state index in [1.54, 1.807) is 21.9 Å². The van der Waals surface area contributed by atoms with Gasteiger partial charge in [0.05, 0.1) is 17.6 Å². The number of urea groups is 1. The van der Waals surface area contributed by atoms with E-state index in [9.17, 15) is 23.2 Å². The first kappa shape index (κ1) is 40.2. The number of aromatic nitrogens is 2. The lowest BCUT2D eigenvalue weighted by Gasteiger charge is -2.32. The highest BCUT2D eigenvalue weighted by Gasteiger charge is 2.27. The van der Waals surface area contributed by atoms with E-state index in [0.29, 0.717) is 32.7 Å². The Kier molecular flexibility index (Phi) is 13.2. The van der Waals surface area contributed by atoms with Crippen LogP contribution in [0.3, 0.4) is 0 Å². The number of hydrogen-bond acceptors (Lipinski definition) is 4. The quantitative estimate of drug-likeness (QED) is 0.132. The van der Waals surface area contributed by atoms with E-state index < -0.39 is 5.60 Å². The minimum Gasteiger partial charge on any atom is -0.444 e. The van der Waals surface area contributed by atoms with Crippen LogP contribution in [0.1, 0.15) is 70.4 Å². The maximum atomic E-state index is 13.8. The lowest BCUT2D eigenvalue weighted by molar-refractivity contribution is 0.0232. The van der Waals surface area contributed by atoms with Crippen LogP contribution in [0.25, 0.3) is 21.8 Å². The highest BCUT2D eigenvalue weighted by molar-refractivity contribution is 6.62. The molecule has 288 valence electrons. The lowest BCUT2D eigenvalue weighted by Crippen LogP contribution is -2.45. The minimum atomic E-state index is -0.532. The molecule has 0 unspecified atom stereocenters. The molecule has 8 rings (SSSR count). The topological polar surface area (TPSA) is 83.3 Å². The van der Waals surface area contributed by atoms with Gasteiger partial charge in [-0.2, -0.15) is 0 Å². The van der Waals surface area contributed by atoms with Crippen LogP contribution in [0.2, 0.25) is 0 Å². The number of hydrogen-bond donors (Lipinski definition) is 0. The van der Waals surface area contributed by atoms with Crippen LogP contribution in [0, 0.1) is 11.6 Å². The van der Waals surface area contributed by atoms with Gasteiger partial charge in [-0.05, 0) is 118 Å². The van der Waals surface area contributed by atoms with Crippen LogP contribution in [-0.4, -0.2) is 91.1 Å². The molecule has 0 bridgehead atoms. The summed E-state index contributed by atoms with van der Waals surface area (Å²) in [5.74, 6) is -0.506. The van der Waals surface area contributed by atoms with E-state index in [4.69, 9.17) is 16.3 Å². The molecule has 0 spiro atoms. The van der Waals surface area contributed by atoms with Crippen molar-refractivity contribution in [3.63, 3.8) is 0 Å². The second-order valence-electron chi connectivity index (χ2n) is 15.0. The number of benzene rings is 2. The van der Waals surface area contributed by atoms with Gasteiger partial charge in [-0.1, -0.05) is 0 Å². The van der Waals surface area contributed by atoms with Crippen LogP contribution in [0.15, 0.2) is 48.8 Å². The van der Waals surface area contributed by atoms with Crippen LogP contribution < -0.4 is 0 Å². The summed E-state index contributed by atoms with van der Waals surface area (Å²) in [4.78, 5) is 42.6. The fourth-order valence-corrected chi connectivity index (χ4v) is 7.61. The minimum absolute atomic E-state index is 0. The highest BCUT2D eigenvalue weighted by atomic mass is 35.5. The number of rotatable bonds is 0. The number of carbonyl (C=O) groups is 3. The van der Waals surface area contributed by atoms with Crippen molar-refractivity contribution >= 4 is 63.3 Å². The summed E-state index contributed by atoms with van der Waals surface area (Å²) in [5.41, 5.74) is 3.26. The average molecular weight is 776 g/mol. The Morgan fingerprint density at radius 1 is 0.623 bits per heavy atom. The summed E-state index contributed by atoms with van der Waals surface area (Å²) >= 11 is 5.24. The summed E-state index contributed by atoms with van der Waals surface area (Å²) in [7, 11) is 0. The third-order valence-electron chi connectivity index (χ3n) is 9.91. The molecule has 0 saturated carbocycles. The summed E-state index contributed by atoms with van der Waals surface area (Å²) in [6, 6.07) is 10.1. The molecule has 53 heavy (non-hydrogen) atoms. The molecule has 0 aliphatic carbocycles. The fourth-order valence-electron chi connectivity index (χ4n) is 7.44. The van der Waals surface area contributed by atoms with Gasteiger partial charge in [0, 0.05) is 82.1 Å². The first-order valence-electron chi connectivity index (χ1n) is 18.4. The van der Waals surface area contributed by atoms with Crippen molar-refractivity contribution in [3.8, 4) is 0 Å². The van der Waals surface area contributed by atoms with Gasteiger partial charge in [0.1, 0.15) is 17.2 Å². The molecule has 2 saturated heterocycles. The maximum Gasteiger partial charge on any atom is 0.410 e. The van der Waals surface area contributed by atoms with Crippen molar-refractivity contribution < 1.29 is 27.9 Å². The zero-order chi connectivity index (χ0) is 37.0. The standard InChI is InChI=1S/C17H20FN3O.C16H19FN2O2.C6H10ClNO.ClH/c18-15-10-13-4-7-19-8-9-21(12-14(11-15)16(13)19)17(22)20-5-2-1-3-6-20;1-16(2,3)21-15(20)19-7-6-18-5-4-11-8-13(17)9-12(10-19)14(11)18;7-6(9)8-4-2-1-3-5-8;/h4,7,10-11H,1-3,5-6,8-9,12H2;4-5,8-9H,6-7,10H2,1-3H3;1-5H2;1H. The number of nitrogens with zero attached hydrogens (tertiary/aromatic N) is 6. The van der Waals surface area contributed by atoms with Crippen LogP contribution >= 0.6 is 24.0 Å². The van der Waals surface area contributed by atoms with E-state index in [0.717, 1.165) is 91.3 Å². The zero-order valence-corrected chi connectivity index (χ0v) is 32.4. The van der Waals surface area contributed by atoms with Gasteiger partial charge >= 0.3 is 17.5 Å². The molecule has 4 aliphatic heterocycles. The normalized spacial score (nSPS) is 17.1. The molecule has 0 N–H and O–H groups in total. The average Bonchev–Trinajstić information content (AvgIpc) is 3.59. The van der Waals surface area contributed by atoms with Crippen LogP contribution in [-0.2, 0) is 30.9 Å². The maximum absolute atomic E-state index is 13.8. The summed E-state index contributed by atoms with van der Waals surface area (Å²) < 4.78 is 37.1. The molecular formula is C39H50Cl2F2N6O4. The van der Waals surface area contributed by atoms with Crippen molar-refractivity contribution in [3.05, 3.63) is 71.6 Å². The Hall–Kier alpha value is -4.03. The first-order chi connectivity index (χ1) is 24.9. The Labute approximate surface area is 320 Å². The van der Waals surface area contributed by atoms with E-state index in [-0.39, 0.29) is 41.5 Å². The van der Waals surface area contributed by atoms with Crippen molar-refractivity contribution in [2.75, 3.05) is 39.3 Å². The summed E-state index contributed by atoms with van der Waals surface area (Å²) in [6.45, 7) is 12.4. The Morgan fingerprint density at radius 2 is 1.08 bits per heavy atom. The molecular weight excluding hydrogens is 725 g/mol.